The standard InChI is InChI=1S/C15H23N5/c1-3-8-19-9-6-13(7-10-19)16-15-17-14-5-4-12(2)11-20(14)18-15/h4-5,11,13H,3,6-10H2,1-2H3,(H,16,18). The van der Waals surface area contributed by atoms with E-state index in [1.54, 1.807) is 0 Å². The first-order valence-electron chi connectivity index (χ1n) is 7.56. The van der Waals surface area contributed by atoms with Gasteiger partial charge in [-0.15, -0.1) is 5.10 Å². The van der Waals surface area contributed by atoms with Crippen LogP contribution in [0.4, 0.5) is 5.95 Å². The number of nitrogens with zero attached hydrogens (tertiary/aromatic N) is 4. The van der Waals surface area contributed by atoms with Crippen LogP contribution in [-0.2, 0) is 0 Å². The molecule has 5 nitrogen and oxygen atoms in total. The summed E-state index contributed by atoms with van der Waals surface area (Å²) in [6.07, 6.45) is 5.60. The van der Waals surface area contributed by atoms with Gasteiger partial charge >= 0.3 is 0 Å². The number of aromatic nitrogens is 3. The Morgan fingerprint density at radius 3 is 2.85 bits per heavy atom. The molecule has 1 saturated heterocycles. The van der Waals surface area contributed by atoms with E-state index in [2.05, 4.69) is 40.2 Å². The minimum Gasteiger partial charge on any atom is -0.350 e. The summed E-state index contributed by atoms with van der Waals surface area (Å²) in [6.45, 7) is 7.89. The van der Waals surface area contributed by atoms with Crippen molar-refractivity contribution >= 4 is 11.6 Å². The van der Waals surface area contributed by atoms with Gasteiger partial charge in [0.2, 0.25) is 5.95 Å². The van der Waals surface area contributed by atoms with Gasteiger partial charge < -0.3 is 10.2 Å². The predicted molar refractivity (Wildman–Crippen MR) is 81.1 cm³/mol. The van der Waals surface area contributed by atoms with Crippen LogP contribution < -0.4 is 5.32 Å². The molecule has 2 aromatic heterocycles. The molecule has 0 aliphatic carbocycles. The average Bonchev–Trinajstić information content (AvgIpc) is 2.82. The van der Waals surface area contributed by atoms with E-state index >= 15 is 0 Å². The monoisotopic (exact) mass is 273 g/mol. The minimum absolute atomic E-state index is 0.501. The fraction of sp³-hybridized carbons (Fsp3) is 0.600. The van der Waals surface area contributed by atoms with E-state index in [9.17, 15) is 0 Å². The third-order valence-corrected chi connectivity index (χ3v) is 3.94. The highest BCUT2D eigenvalue weighted by atomic mass is 15.3. The van der Waals surface area contributed by atoms with Gasteiger partial charge in [0.25, 0.3) is 0 Å². The maximum Gasteiger partial charge on any atom is 0.243 e. The summed E-state index contributed by atoms with van der Waals surface area (Å²) in [5.74, 6) is 0.754. The predicted octanol–water partition coefficient (Wildman–Crippen LogP) is 2.32. The van der Waals surface area contributed by atoms with Crippen LogP contribution in [0.3, 0.4) is 0 Å². The zero-order chi connectivity index (χ0) is 13.9. The maximum absolute atomic E-state index is 4.53. The zero-order valence-electron chi connectivity index (χ0n) is 12.3. The van der Waals surface area contributed by atoms with Gasteiger partial charge in [0.05, 0.1) is 0 Å². The second-order valence-corrected chi connectivity index (χ2v) is 5.70. The van der Waals surface area contributed by atoms with Gasteiger partial charge in [-0.3, -0.25) is 0 Å². The normalized spacial score (nSPS) is 17.7. The van der Waals surface area contributed by atoms with E-state index < -0.39 is 0 Å². The van der Waals surface area contributed by atoms with Crippen molar-refractivity contribution in [3.8, 4) is 0 Å². The number of fused-ring (bicyclic) bond motifs is 1. The summed E-state index contributed by atoms with van der Waals surface area (Å²) in [5.41, 5.74) is 2.10. The highest BCUT2D eigenvalue weighted by molar-refractivity contribution is 5.44. The Morgan fingerprint density at radius 1 is 1.30 bits per heavy atom. The summed E-state index contributed by atoms with van der Waals surface area (Å²) < 4.78 is 1.85. The Hall–Kier alpha value is -1.62. The molecule has 0 unspecified atom stereocenters. The molecular formula is C15H23N5. The van der Waals surface area contributed by atoms with Gasteiger partial charge in [0.1, 0.15) is 0 Å². The number of likely N-dealkylation sites (tertiary alicyclic amines) is 1. The quantitative estimate of drug-likeness (QED) is 0.928. The summed E-state index contributed by atoms with van der Waals surface area (Å²) in [6, 6.07) is 4.58. The van der Waals surface area contributed by atoms with Gasteiger partial charge in [-0.05, 0) is 44.4 Å². The molecule has 1 aliphatic rings. The Kier molecular flexibility index (Phi) is 3.87. The molecule has 20 heavy (non-hydrogen) atoms. The largest absolute Gasteiger partial charge is 0.350 e. The first-order chi connectivity index (χ1) is 9.74. The molecule has 0 amide bonds. The molecule has 0 saturated carbocycles. The Bertz CT molecular complexity index is 569. The zero-order valence-corrected chi connectivity index (χ0v) is 12.3. The van der Waals surface area contributed by atoms with Gasteiger partial charge in [-0.25, -0.2) is 4.52 Å². The van der Waals surface area contributed by atoms with Crippen LogP contribution in [0.1, 0.15) is 31.7 Å². The lowest BCUT2D eigenvalue weighted by Crippen LogP contribution is -2.39. The van der Waals surface area contributed by atoms with Crippen molar-refractivity contribution in [1.29, 1.82) is 0 Å². The maximum atomic E-state index is 4.53. The molecule has 108 valence electrons. The van der Waals surface area contributed by atoms with Gasteiger partial charge in [0.15, 0.2) is 5.65 Å². The van der Waals surface area contributed by atoms with E-state index in [-0.39, 0.29) is 0 Å². The van der Waals surface area contributed by atoms with Crippen LogP contribution in [0.5, 0.6) is 0 Å². The van der Waals surface area contributed by atoms with Crippen LogP contribution in [0.15, 0.2) is 18.3 Å². The number of piperidine rings is 1. The number of aryl methyl sites for hydroxylation is 1. The molecule has 3 rings (SSSR count). The van der Waals surface area contributed by atoms with E-state index in [1.165, 1.54) is 44.5 Å². The van der Waals surface area contributed by atoms with Crippen LogP contribution in [-0.4, -0.2) is 45.2 Å². The van der Waals surface area contributed by atoms with Crippen LogP contribution >= 0.6 is 0 Å². The van der Waals surface area contributed by atoms with Crippen molar-refractivity contribution in [2.24, 2.45) is 0 Å². The second-order valence-electron chi connectivity index (χ2n) is 5.70. The first kappa shape index (κ1) is 13.4. The summed E-state index contributed by atoms with van der Waals surface area (Å²) in [7, 11) is 0. The number of pyridine rings is 1. The molecule has 1 aliphatic heterocycles. The topological polar surface area (TPSA) is 45.5 Å². The Labute approximate surface area is 120 Å². The SMILES string of the molecule is CCCN1CCC(Nc2nc3ccc(C)cn3n2)CC1. The van der Waals surface area contributed by atoms with Gasteiger partial charge in [-0.2, -0.15) is 4.98 Å². The van der Waals surface area contributed by atoms with Crippen LogP contribution in [0.2, 0.25) is 0 Å². The smallest absolute Gasteiger partial charge is 0.243 e. The fourth-order valence-electron chi connectivity index (χ4n) is 2.85. The minimum atomic E-state index is 0.501. The van der Waals surface area contributed by atoms with Crippen molar-refractivity contribution in [3.63, 3.8) is 0 Å². The highest BCUT2D eigenvalue weighted by Gasteiger charge is 2.19. The van der Waals surface area contributed by atoms with Crippen molar-refractivity contribution in [3.05, 3.63) is 23.9 Å². The highest BCUT2D eigenvalue weighted by Crippen LogP contribution is 2.15. The van der Waals surface area contributed by atoms with Crippen LogP contribution in [0.25, 0.3) is 5.65 Å². The third-order valence-electron chi connectivity index (χ3n) is 3.94. The lowest BCUT2D eigenvalue weighted by molar-refractivity contribution is 0.219. The fourth-order valence-corrected chi connectivity index (χ4v) is 2.85. The number of anilines is 1. The van der Waals surface area contributed by atoms with Gasteiger partial charge in [0, 0.05) is 25.3 Å². The van der Waals surface area contributed by atoms with Crippen molar-refractivity contribution < 1.29 is 0 Å². The second kappa shape index (κ2) is 5.79. The Morgan fingerprint density at radius 2 is 2.10 bits per heavy atom. The summed E-state index contributed by atoms with van der Waals surface area (Å²) in [5, 5.41) is 7.99. The first-order valence-corrected chi connectivity index (χ1v) is 7.56. The van der Waals surface area contributed by atoms with Gasteiger partial charge in [-0.1, -0.05) is 13.0 Å². The number of nitrogens with one attached hydrogen (secondary N) is 1. The van der Waals surface area contributed by atoms with Crippen molar-refractivity contribution in [2.75, 3.05) is 25.0 Å². The average molecular weight is 273 g/mol. The van der Waals surface area contributed by atoms with E-state index in [4.69, 9.17) is 0 Å². The van der Waals surface area contributed by atoms with E-state index in [1.807, 2.05) is 16.8 Å². The molecule has 0 atom stereocenters. The number of hydrogen-bond donors (Lipinski definition) is 1. The molecule has 3 heterocycles. The van der Waals surface area contributed by atoms with E-state index in [0.717, 1.165) is 11.6 Å². The lowest BCUT2D eigenvalue weighted by Gasteiger charge is -2.31. The molecule has 0 bridgehead atoms. The molecular weight excluding hydrogens is 250 g/mol. The molecule has 0 radical (unpaired) electrons. The van der Waals surface area contributed by atoms with Crippen molar-refractivity contribution in [2.45, 2.75) is 39.2 Å². The van der Waals surface area contributed by atoms with E-state index in [0.29, 0.717) is 6.04 Å². The summed E-state index contributed by atoms with van der Waals surface area (Å²) >= 11 is 0. The molecule has 1 fully saturated rings. The summed E-state index contributed by atoms with van der Waals surface area (Å²) in [4.78, 5) is 7.07. The Balaban J connectivity index is 1.62. The number of rotatable bonds is 4. The molecule has 1 N–H and O–H groups in total. The lowest BCUT2D eigenvalue weighted by atomic mass is 10.1. The van der Waals surface area contributed by atoms with Crippen molar-refractivity contribution in [1.82, 2.24) is 19.5 Å². The molecule has 0 aromatic carbocycles. The molecule has 5 heteroatoms. The molecule has 0 spiro atoms. The van der Waals surface area contributed by atoms with Crippen LogP contribution in [0, 0.1) is 6.92 Å². The molecule has 2 aromatic rings. The third kappa shape index (κ3) is 2.93. The number of hydrogen-bond acceptors (Lipinski definition) is 4.